The Morgan fingerprint density at radius 3 is 3.06 bits per heavy atom. The van der Waals surface area contributed by atoms with Crippen molar-refractivity contribution in [3.8, 4) is 5.75 Å². The Kier molecular flexibility index (Phi) is 3.64. The summed E-state index contributed by atoms with van der Waals surface area (Å²) in [5, 5.41) is 12.2. The largest absolute Gasteiger partial charge is 0.491 e. The van der Waals surface area contributed by atoms with Gasteiger partial charge in [-0.1, -0.05) is 6.92 Å². The van der Waals surface area contributed by atoms with Crippen molar-refractivity contribution in [1.29, 1.82) is 0 Å². The van der Waals surface area contributed by atoms with Crippen LogP contribution in [-0.2, 0) is 11.2 Å². The Balaban J connectivity index is 2.04. The van der Waals surface area contributed by atoms with Crippen molar-refractivity contribution < 1.29 is 14.6 Å². The number of ether oxygens (including phenoxy) is 1. The van der Waals surface area contributed by atoms with E-state index in [0.717, 1.165) is 23.4 Å². The monoisotopic (exact) mass is 235 g/mol. The number of aliphatic hydroxyl groups is 1. The molecule has 0 radical (unpaired) electrons. The van der Waals surface area contributed by atoms with E-state index in [0.29, 0.717) is 19.4 Å². The van der Waals surface area contributed by atoms with Gasteiger partial charge in [0.2, 0.25) is 5.91 Å². The second-order valence-corrected chi connectivity index (χ2v) is 4.24. The molecule has 1 unspecified atom stereocenters. The Labute approximate surface area is 101 Å². The molecule has 2 N–H and O–H groups in total. The lowest BCUT2D eigenvalue weighted by Gasteiger charge is -2.18. The summed E-state index contributed by atoms with van der Waals surface area (Å²) in [6, 6.07) is 5.59. The van der Waals surface area contributed by atoms with Gasteiger partial charge in [-0.25, -0.2) is 0 Å². The van der Waals surface area contributed by atoms with Crippen LogP contribution >= 0.6 is 0 Å². The first-order valence-electron chi connectivity index (χ1n) is 5.92. The van der Waals surface area contributed by atoms with Crippen molar-refractivity contribution in [3.63, 3.8) is 0 Å². The second-order valence-electron chi connectivity index (χ2n) is 4.24. The van der Waals surface area contributed by atoms with E-state index >= 15 is 0 Å². The summed E-state index contributed by atoms with van der Waals surface area (Å²) in [7, 11) is 0. The second kappa shape index (κ2) is 5.19. The molecule has 0 bridgehead atoms. The van der Waals surface area contributed by atoms with Gasteiger partial charge in [-0.05, 0) is 36.6 Å². The summed E-state index contributed by atoms with van der Waals surface area (Å²) in [5.74, 6) is 0.806. The van der Waals surface area contributed by atoms with Crippen molar-refractivity contribution in [2.24, 2.45) is 0 Å². The van der Waals surface area contributed by atoms with Gasteiger partial charge in [0.05, 0.1) is 6.10 Å². The maximum absolute atomic E-state index is 11.2. The molecule has 17 heavy (non-hydrogen) atoms. The fourth-order valence-electron chi connectivity index (χ4n) is 1.76. The summed E-state index contributed by atoms with van der Waals surface area (Å²) < 4.78 is 5.49. The van der Waals surface area contributed by atoms with Crippen molar-refractivity contribution in [1.82, 2.24) is 0 Å². The highest BCUT2D eigenvalue weighted by atomic mass is 16.5. The van der Waals surface area contributed by atoms with Gasteiger partial charge in [0, 0.05) is 12.1 Å². The van der Waals surface area contributed by atoms with Crippen LogP contribution in [0.25, 0.3) is 0 Å². The average molecular weight is 235 g/mol. The molecule has 0 spiro atoms. The lowest BCUT2D eigenvalue weighted by Crippen LogP contribution is -2.19. The van der Waals surface area contributed by atoms with E-state index in [1.54, 1.807) is 0 Å². The summed E-state index contributed by atoms with van der Waals surface area (Å²) in [4.78, 5) is 11.2. The van der Waals surface area contributed by atoms with Gasteiger partial charge in [0.25, 0.3) is 0 Å². The molecule has 0 aliphatic carbocycles. The van der Waals surface area contributed by atoms with Crippen molar-refractivity contribution >= 4 is 11.6 Å². The molecule has 1 amide bonds. The Morgan fingerprint density at radius 2 is 2.29 bits per heavy atom. The number of hydrogen-bond acceptors (Lipinski definition) is 3. The number of amides is 1. The maximum Gasteiger partial charge on any atom is 0.224 e. The van der Waals surface area contributed by atoms with Crippen LogP contribution in [0.2, 0.25) is 0 Å². The third-order valence-corrected chi connectivity index (χ3v) is 2.89. The van der Waals surface area contributed by atoms with Gasteiger partial charge < -0.3 is 15.2 Å². The predicted octanol–water partition coefficient (Wildman–Crippen LogP) is 1.72. The smallest absolute Gasteiger partial charge is 0.224 e. The molecule has 1 aromatic rings. The zero-order valence-electron chi connectivity index (χ0n) is 9.90. The molecule has 0 saturated heterocycles. The van der Waals surface area contributed by atoms with Crippen LogP contribution in [0.3, 0.4) is 0 Å². The van der Waals surface area contributed by atoms with Crippen molar-refractivity contribution in [2.45, 2.75) is 32.3 Å². The maximum atomic E-state index is 11.2. The molecule has 2 rings (SSSR count). The molecule has 4 heteroatoms. The van der Waals surface area contributed by atoms with Crippen molar-refractivity contribution in [2.75, 3.05) is 11.9 Å². The van der Waals surface area contributed by atoms with Gasteiger partial charge in [-0.2, -0.15) is 0 Å². The normalized spacial score (nSPS) is 16.0. The lowest BCUT2D eigenvalue weighted by molar-refractivity contribution is -0.116. The molecular formula is C13H17NO3. The van der Waals surface area contributed by atoms with E-state index in [2.05, 4.69) is 5.32 Å². The van der Waals surface area contributed by atoms with Crippen LogP contribution in [0.1, 0.15) is 25.3 Å². The topological polar surface area (TPSA) is 58.6 Å². The van der Waals surface area contributed by atoms with Crippen LogP contribution in [0.5, 0.6) is 5.75 Å². The molecule has 92 valence electrons. The highest BCUT2D eigenvalue weighted by Gasteiger charge is 2.15. The fraction of sp³-hybridized carbons (Fsp3) is 0.462. The molecule has 4 nitrogen and oxygen atoms in total. The van der Waals surface area contributed by atoms with E-state index in [9.17, 15) is 9.90 Å². The number of aliphatic hydroxyl groups excluding tert-OH is 1. The van der Waals surface area contributed by atoms with Gasteiger partial charge in [-0.3, -0.25) is 4.79 Å². The standard InChI is InChI=1S/C13H17NO3/c1-2-10(15)8-17-11-4-5-12-9(7-11)3-6-13(16)14-12/h4-5,7,10,15H,2-3,6,8H2,1H3,(H,14,16). The van der Waals surface area contributed by atoms with Crippen molar-refractivity contribution in [3.05, 3.63) is 23.8 Å². The van der Waals surface area contributed by atoms with Crippen LogP contribution < -0.4 is 10.1 Å². The van der Waals surface area contributed by atoms with Gasteiger partial charge >= 0.3 is 0 Å². The van der Waals surface area contributed by atoms with E-state index < -0.39 is 6.10 Å². The average Bonchev–Trinajstić information content (AvgIpc) is 2.35. The molecular weight excluding hydrogens is 218 g/mol. The van der Waals surface area contributed by atoms with Gasteiger partial charge in [0.15, 0.2) is 0 Å². The minimum Gasteiger partial charge on any atom is -0.491 e. The van der Waals surface area contributed by atoms with E-state index in [1.807, 2.05) is 25.1 Å². The molecule has 0 saturated carbocycles. The minimum atomic E-state index is -0.425. The molecule has 0 fully saturated rings. The summed E-state index contributed by atoms with van der Waals surface area (Å²) in [6.45, 7) is 2.22. The summed E-state index contributed by atoms with van der Waals surface area (Å²) >= 11 is 0. The number of carbonyl (C=O) groups excluding carboxylic acids is 1. The highest BCUT2D eigenvalue weighted by Crippen LogP contribution is 2.26. The number of anilines is 1. The first kappa shape index (κ1) is 11.9. The third-order valence-electron chi connectivity index (χ3n) is 2.89. The van der Waals surface area contributed by atoms with Gasteiger partial charge in [-0.15, -0.1) is 0 Å². The van der Waals surface area contributed by atoms with Crippen LogP contribution in [0.15, 0.2) is 18.2 Å². The number of fused-ring (bicyclic) bond motifs is 1. The number of aryl methyl sites for hydroxylation is 1. The SMILES string of the molecule is CCC(O)COc1ccc2c(c1)CCC(=O)N2. The quantitative estimate of drug-likeness (QED) is 0.835. The minimum absolute atomic E-state index is 0.0626. The molecule has 1 aromatic carbocycles. The number of rotatable bonds is 4. The Bertz CT molecular complexity index is 417. The number of hydrogen-bond donors (Lipinski definition) is 2. The molecule has 1 atom stereocenters. The number of benzene rings is 1. The zero-order valence-corrected chi connectivity index (χ0v) is 9.90. The van der Waals surface area contributed by atoms with E-state index in [4.69, 9.17) is 4.74 Å². The van der Waals surface area contributed by atoms with Gasteiger partial charge in [0.1, 0.15) is 12.4 Å². The Morgan fingerprint density at radius 1 is 1.47 bits per heavy atom. The summed E-state index contributed by atoms with van der Waals surface area (Å²) in [6.07, 6.45) is 1.52. The first-order chi connectivity index (χ1) is 8.19. The molecule has 0 aromatic heterocycles. The summed E-state index contributed by atoms with van der Waals surface area (Å²) in [5.41, 5.74) is 1.96. The predicted molar refractivity (Wildman–Crippen MR) is 65.2 cm³/mol. The fourth-order valence-corrected chi connectivity index (χ4v) is 1.76. The lowest BCUT2D eigenvalue weighted by atomic mass is 10.0. The van der Waals surface area contributed by atoms with Crippen LogP contribution in [0.4, 0.5) is 5.69 Å². The zero-order chi connectivity index (χ0) is 12.3. The van der Waals surface area contributed by atoms with E-state index in [-0.39, 0.29) is 5.91 Å². The number of nitrogens with one attached hydrogen (secondary N) is 1. The molecule has 1 heterocycles. The molecule has 1 aliphatic heterocycles. The van der Waals surface area contributed by atoms with E-state index in [1.165, 1.54) is 0 Å². The Hall–Kier alpha value is -1.55. The third kappa shape index (κ3) is 2.97. The first-order valence-corrected chi connectivity index (χ1v) is 5.92. The van der Waals surface area contributed by atoms with Crippen LogP contribution in [0, 0.1) is 0 Å². The van der Waals surface area contributed by atoms with Crippen LogP contribution in [-0.4, -0.2) is 23.7 Å². The highest BCUT2D eigenvalue weighted by molar-refractivity contribution is 5.93. The molecule has 1 aliphatic rings. The number of carbonyl (C=O) groups is 1.